The number of benzene rings is 1. The van der Waals surface area contributed by atoms with Crippen molar-refractivity contribution in [3.63, 3.8) is 0 Å². The summed E-state index contributed by atoms with van der Waals surface area (Å²) >= 11 is 0. The first kappa shape index (κ1) is 25.7. The Balaban J connectivity index is 0.000000406. The highest BCUT2D eigenvalue weighted by molar-refractivity contribution is 5.76. The molecule has 0 bridgehead atoms. The summed E-state index contributed by atoms with van der Waals surface area (Å²) in [6.45, 7) is 8.03. The van der Waals surface area contributed by atoms with Gasteiger partial charge in [0.05, 0.1) is 12.2 Å². The molecule has 1 saturated heterocycles. The molecule has 1 unspecified atom stereocenters. The van der Waals surface area contributed by atoms with Gasteiger partial charge in [0.2, 0.25) is 5.91 Å². The second-order valence-electron chi connectivity index (χ2n) is 8.88. The van der Waals surface area contributed by atoms with Gasteiger partial charge in [0.25, 0.3) is 0 Å². The number of carboxylic acid groups (broad SMARTS) is 1. The number of halogens is 3. The minimum absolute atomic E-state index is 0.263. The molecule has 2 aromatic rings. The van der Waals surface area contributed by atoms with Crippen molar-refractivity contribution in [1.29, 1.82) is 0 Å². The number of carbonyl (C=O) groups is 2. The third-order valence-electron chi connectivity index (χ3n) is 6.25. The number of likely N-dealkylation sites (tertiary alicyclic amines) is 1. The highest BCUT2D eigenvalue weighted by atomic mass is 19.4. The van der Waals surface area contributed by atoms with Gasteiger partial charge in [0.1, 0.15) is 0 Å². The van der Waals surface area contributed by atoms with E-state index in [0.717, 1.165) is 31.7 Å². The summed E-state index contributed by atoms with van der Waals surface area (Å²) in [5, 5.41) is 11.6. The zero-order chi connectivity index (χ0) is 24.7. The average molecular weight is 481 g/mol. The number of nitrogens with zero attached hydrogens (tertiary/aromatic N) is 4. The number of rotatable bonds is 5. The largest absolute Gasteiger partial charge is 0.490 e. The van der Waals surface area contributed by atoms with Crippen LogP contribution in [0.25, 0.3) is 0 Å². The van der Waals surface area contributed by atoms with Crippen LogP contribution in [0.1, 0.15) is 36.1 Å². The third kappa shape index (κ3) is 7.31. The molecule has 2 aliphatic heterocycles. The third-order valence-corrected chi connectivity index (χ3v) is 6.25. The van der Waals surface area contributed by atoms with E-state index in [0.29, 0.717) is 18.9 Å². The van der Waals surface area contributed by atoms with E-state index >= 15 is 0 Å². The van der Waals surface area contributed by atoms with Crippen LogP contribution in [-0.4, -0.2) is 68.9 Å². The second kappa shape index (κ2) is 11.5. The van der Waals surface area contributed by atoms with Crippen LogP contribution in [0.2, 0.25) is 0 Å². The maximum absolute atomic E-state index is 13.0. The molecule has 1 fully saturated rings. The molecule has 1 N–H and O–H groups in total. The maximum atomic E-state index is 13.0. The molecule has 1 aromatic carbocycles. The monoisotopic (exact) mass is 480 g/mol. The van der Waals surface area contributed by atoms with E-state index < -0.39 is 12.1 Å². The van der Waals surface area contributed by atoms with Crippen LogP contribution in [0.15, 0.2) is 36.5 Å². The molecular weight excluding hydrogens is 449 g/mol. The smallest absolute Gasteiger partial charge is 0.475 e. The second-order valence-corrected chi connectivity index (χ2v) is 8.88. The topological polar surface area (TPSA) is 78.7 Å². The number of amides is 1. The van der Waals surface area contributed by atoms with E-state index in [1.807, 2.05) is 6.20 Å². The zero-order valence-electron chi connectivity index (χ0n) is 19.3. The van der Waals surface area contributed by atoms with Gasteiger partial charge in [-0.25, -0.2) is 4.79 Å². The van der Waals surface area contributed by atoms with Crippen molar-refractivity contribution in [2.75, 3.05) is 26.2 Å². The summed E-state index contributed by atoms with van der Waals surface area (Å²) in [7, 11) is 0. The van der Waals surface area contributed by atoms with Crippen molar-refractivity contribution in [3.8, 4) is 0 Å². The first-order valence-corrected chi connectivity index (χ1v) is 11.5. The molecule has 0 aliphatic carbocycles. The summed E-state index contributed by atoms with van der Waals surface area (Å²) in [4.78, 5) is 26.5. The van der Waals surface area contributed by atoms with Crippen molar-refractivity contribution in [2.45, 2.75) is 51.9 Å². The Morgan fingerprint density at radius 2 is 1.79 bits per heavy atom. The highest BCUT2D eigenvalue weighted by Crippen LogP contribution is 2.20. The van der Waals surface area contributed by atoms with Gasteiger partial charge in [0, 0.05) is 38.2 Å². The van der Waals surface area contributed by atoms with Gasteiger partial charge in [-0.05, 0) is 56.5 Å². The SMILES string of the molecule is Cc1ccccc1CCC(=O)N1Cc2ccnn2CC(CN2CCCC2)C1.O=C(O)C(F)(F)F. The summed E-state index contributed by atoms with van der Waals surface area (Å²) < 4.78 is 33.8. The molecule has 4 rings (SSSR count). The molecule has 10 heteroatoms. The fourth-order valence-corrected chi connectivity index (χ4v) is 4.46. The van der Waals surface area contributed by atoms with E-state index in [1.165, 1.54) is 37.1 Å². The number of carbonyl (C=O) groups excluding carboxylic acids is 1. The minimum atomic E-state index is -5.08. The molecule has 2 aliphatic rings. The Labute approximate surface area is 197 Å². The minimum Gasteiger partial charge on any atom is -0.475 e. The Bertz CT molecular complexity index is 970. The molecular formula is C24H31F3N4O3. The summed E-state index contributed by atoms with van der Waals surface area (Å²) in [5.41, 5.74) is 3.70. The predicted octanol–water partition coefficient (Wildman–Crippen LogP) is 3.51. The van der Waals surface area contributed by atoms with Gasteiger partial charge >= 0.3 is 12.1 Å². The molecule has 0 saturated carbocycles. The first-order valence-electron chi connectivity index (χ1n) is 11.5. The number of fused-ring (bicyclic) bond motifs is 1. The number of aliphatic carboxylic acids is 1. The van der Waals surface area contributed by atoms with Crippen LogP contribution >= 0.6 is 0 Å². The molecule has 1 amide bonds. The molecule has 7 nitrogen and oxygen atoms in total. The van der Waals surface area contributed by atoms with Crippen LogP contribution in [0, 0.1) is 12.8 Å². The normalized spacial score (nSPS) is 18.6. The van der Waals surface area contributed by atoms with E-state index in [-0.39, 0.29) is 5.91 Å². The lowest BCUT2D eigenvalue weighted by Gasteiger charge is -2.27. The number of aromatic nitrogens is 2. The van der Waals surface area contributed by atoms with Crippen LogP contribution in [-0.2, 0) is 29.1 Å². The van der Waals surface area contributed by atoms with E-state index in [9.17, 15) is 18.0 Å². The molecule has 3 heterocycles. The highest BCUT2D eigenvalue weighted by Gasteiger charge is 2.38. The Hall–Kier alpha value is -2.88. The van der Waals surface area contributed by atoms with E-state index in [1.54, 1.807) is 0 Å². The lowest BCUT2D eigenvalue weighted by atomic mass is 10.0. The fourth-order valence-electron chi connectivity index (χ4n) is 4.46. The molecule has 1 aromatic heterocycles. The van der Waals surface area contributed by atoms with E-state index in [4.69, 9.17) is 9.90 Å². The van der Waals surface area contributed by atoms with Crippen molar-refractivity contribution >= 4 is 11.9 Å². The molecule has 0 spiro atoms. The number of hydrogen-bond acceptors (Lipinski definition) is 4. The molecule has 186 valence electrons. The molecule has 0 radical (unpaired) electrons. The van der Waals surface area contributed by atoms with Crippen LogP contribution < -0.4 is 0 Å². The number of carboxylic acids is 1. The van der Waals surface area contributed by atoms with E-state index in [2.05, 4.69) is 56.8 Å². The standard InChI is InChI=1S/C22H30N4O.C2HF3O2/c1-18-6-2-3-7-20(18)8-9-22(27)25-15-19(14-24-12-4-5-13-24)16-26-21(17-25)10-11-23-26;3-2(4,5)1(6)7/h2-3,6-7,10-11,19H,4-5,8-9,12-17H2,1H3;(H,6,7). The fraction of sp³-hybridized carbons (Fsp3) is 0.542. The summed E-state index contributed by atoms with van der Waals surface area (Å²) in [6.07, 6.45) is 0.786. The van der Waals surface area contributed by atoms with Gasteiger partial charge in [-0.3, -0.25) is 9.48 Å². The Kier molecular flexibility index (Phi) is 8.71. The van der Waals surface area contributed by atoms with Crippen molar-refractivity contribution in [2.24, 2.45) is 5.92 Å². The first-order chi connectivity index (χ1) is 16.1. The summed E-state index contributed by atoms with van der Waals surface area (Å²) in [5.74, 6) is -2.04. The van der Waals surface area contributed by atoms with Crippen LogP contribution in [0.3, 0.4) is 0 Å². The van der Waals surface area contributed by atoms with Gasteiger partial charge in [-0.1, -0.05) is 24.3 Å². The lowest BCUT2D eigenvalue weighted by Crippen LogP contribution is -2.38. The van der Waals surface area contributed by atoms with Crippen molar-refractivity contribution in [1.82, 2.24) is 19.6 Å². The number of alkyl halides is 3. The Morgan fingerprint density at radius 1 is 1.12 bits per heavy atom. The molecule has 1 atom stereocenters. The zero-order valence-corrected chi connectivity index (χ0v) is 19.3. The van der Waals surface area contributed by atoms with Gasteiger partial charge in [-0.2, -0.15) is 18.3 Å². The number of hydrogen-bond donors (Lipinski definition) is 1. The Morgan fingerprint density at radius 3 is 2.44 bits per heavy atom. The van der Waals surface area contributed by atoms with Crippen molar-refractivity contribution < 1.29 is 27.9 Å². The van der Waals surface area contributed by atoms with Gasteiger partial charge < -0.3 is 14.9 Å². The van der Waals surface area contributed by atoms with Gasteiger partial charge in [-0.15, -0.1) is 0 Å². The maximum Gasteiger partial charge on any atom is 0.490 e. The predicted molar refractivity (Wildman–Crippen MR) is 120 cm³/mol. The molecule has 34 heavy (non-hydrogen) atoms. The van der Waals surface area contributed by atoms with Crippen LogP contribution in [0.5, 0.6) is 0 Å². The quantitative estimate of drug-likeness (QED) is 0.709. The average Bonchev–Trinajstić information content (AvgIpc) is 3.41. The van der Waals surface area contributed by atoms with Crippen molar-refractivity contribution in [3.05, 3.63) is 53.3 Å². The van der Waals surface area contributed by atoms with Crippen LogP contribution in [0.4, 0.5) is 13.2 Å². The number of aryl methyl sites for hydroxylation is 2. The lowest BCUT2D eigenvalue weighted by molar-refractivity contribution is -0.192. The van der Waals surface area contributed by atoms with Gasteiger partial charge in [0.15, 0.2) is 0 Å². The summed E-state index contributed by atoms with van der Waals surface area (Å²) in [6, 6.07) is 10.4.